The fourth-order valence-corrected chi connectivity index (χ4v) is 2.69. The van der Waals surface area contributed by atoms with E-state index in [9.17, 15) is 10.1 Å². The molecule has 8 heteroatoms. The second kappa shape index (κ2) is 8.22. The number of hydrogen-bond donors (Lipinski definition) is 1. The first-order valence-electron chi connectivity index (χ1n) is 8.82. The SMILES string of the molecule is O=[N+]([O-])c1cccc(-c2noc(CNc3ccccc3Oc3ccccc3)n2)c1. The van der Waals surface area contributed by atoms with E-state index in [1.54, 1.807) is 12.1 Å². The van der Waals surface area contributed by atoms with Gasteiger partial charge in [0.25, 0.3) is 5.69 Å². The van der Waals surface area contributed by atoms with Crippen LogP contribution in [0.2, 0.25) is 0 Å². The highest BCUT2D eigenvalue weighted by atomic mass is 16.6. The monoisotopic (exact) mass is 388 g/mol. The molecule has 1 aromatic heterocycles. The fraction of sp³-hybridized carbons (Fsp3) is 0.0476. The van der Waals surface area contributed by atoms with Crippen LogP contribution in [0.25, 0.3) is 11.4 Å². The second-order valence-corrected chi connectivity index (χ2v) is 6.08. The summed E-state index contributed by atoms with van der Waals surface area (Å²) in [6.45, 7) is 0.275. The van der Waals surface area contributed by atoms with Crippen molar-refractivity contribution in [2.75, 3.05) is 5.32 Å². The van der Waals surface area contributed by atoms with E-state index in [4.69, 9.17) is 9.26 Å². The summed E-state index contributed by atoms with van der Waals surface area (Å²) < 4.78 is 11.2. The van der Waals surface area contributed by atoms with E-state index in [-0.39, 0.29) is 12.2 Å². The molecule has 0 unspecified atom stereocenters. The van der Waals surface area contributed by atoms with E-state index in [1.165, 1.54) is 12.1 Å². The summed E-state index contributed by atoms with van der Waals surface area (Å²) in [4.78, 5) is 14.8. The predicted molar refractivity (Wildman–Crippen MR) is 107 cm³/mol. The number of non-ortho nitro benzene ring substituents is 1. The lowest BCUT2D eigenvalue weighted by Crippen LogP contribution is -2.01. The molecule has 0 fully saturated rings. The predicted octanol–water partition coefficient (Wildman–Crippen LogP) is 5.05. The van der Waals surface area contributed by atoms with Crippen molar-refractivity contribution in [1.82, 2.24) is 10.1 Å². The highest BCUT2D eigenvalue weighted by Gasteiger charge is 2.13. The number of nitrogens with zero attached hydrogens (tertiary/aromatic N) is 3. The molecule has 0 amide bonds. The Morgan fingerprint density at radius 2 is 1.79 bits per heavy atom. The zero-order valence-electron chi connectivity index (χ0n) is 15.2. The van der Waals surface area contributed by atoms with Crippen LogP contribution in [-0.4, -0.2) is 15.1 Å². The molecule has 8 nitrogen and oxygen atoms in total. The smallest absolute Gasteiger partial charge is 0.270 e. The normalized spacial score (nSPS) is 10.5. The zero-order valence-corrected chi connectivity index (χ0v) is 15.2. The molecule has 1 heterocycles. The number of nitro groups is 1. The van der Waals surface area contributed by atoms with Crippen molar-refractivity contribution < 1.29 is 14.2 Å². The first kappa shape index (κ1) is 18.2. The Labute approximate surface area is 165 Å². The Bertz CT molecular complexity index is 1130. The number of ether oxygens (including phenoxy) is 1. The topological polar surface area (TPSA) is 103 Å². The van der Waals surface area contributed by atoms with E-state index >= 15 is 0 Å². The van der Waals surface area contributed by atoms with Gasteiger partial charge in [0.1, 0.15) is 5.75 Å². The highest BCUT2D eigenvalue weighted by Crippen LogP contribution is 2.29. The largest absolute Gasteiger partial charge is 0.455 e. The van der Waals surface area contributed by atoms with E-state index in [0.717, 1.165) is 11.4 Å². The van der Waals surface area contributed by atoms with E-state index in [0.29, 0.717) is 23.0 Å². The summed E-state index contributed by atoms with van der Waals surface area (Å²) >= 11 is 0. The molecule has 3 aromatic carbocycles. The average Bonchev–Trinajstić information content (AvgIpc) is 3.23. The van der Waals surface area contributed by atoms with Crippen molar-refractivity contribution >= 4 is 11.4 Å². The van der Waals surface area contributed by atoms with E-state index < -0.39 is 4.92 Å². The number of anilines is 1. The van der Waals surface area contributed by atoms with Crippen LogP contribution in [0.15, 0.2) is 83.4 Å². The van der Waals surface area contributed by atoms with Gasteiger partial charge >= 0.3 is 0 Å². The molecule has 0 radical (unpaired) electrons. The van der Waals surface area contributed by atoms with Gasteiger partial charge in [-0.25, -0.2) is 0 Å². The quantitative estimate of drug-likeness (QED) is 0.349. The van der Waals surface area contributed by atoms with Gasteiger partial charge in [-0.1, -0.05) is 47.6 Å². The van der Waals surface area contributed by atoms with Crippen LogP contribution >= 0.6 is 0 Å². The number of rotatable bonds is 7. The molecule has 29 heavy (non-hydrogen) atoms. The molecule has 0 atom stereocenters. The maximum absolute atomic E-state index is 10.9. The van der Waals surface area contributed by atoms with Crippen LogP contribution in [0.3, 0.4) is 0 Å². The lowest BCUT2D eigenvalue weighted by molar-refractivity contribution is -0.384. The Morgan fingerprint density at radius 1 is 1.00 bits per heavy atom. The van der Waals surface area contributed by atoms with E-state index in [1.807, 2.05) is 54.6 Å². The molecular weight excluding hydrogens is 372 g/mol. The molecule has 144 valence electrons. The van der Waals surface area contributed by atoms with Crippen molar-refractivity contribution in [1.29, 1.82) is 0 Å². The molecule has 0 saturated heterocycles. The number of benzene rings is 3. The van der Waals surface area contributed by atoms with Crippen LogP contribution in [0.5, 0.6) is 11.5 Å². The van der Waals surface area contributed by atoms with Gasteiger partial charge in [-0.3, -0.25) is 10.1 Å². The van der Waals surface area contributed by atoms with Crippen molar-refractivity contribution in [2.45, 2.75) is 6.54 Å². The van der Waals surface area contributed by atoms with Gasteiger partial charge in [0, 0.05) is 17.7 Å². The van der Waals surface area contributed by atoms with Crippen molar-refractivity contribution in [3.05, 3.63) is 94.9 Å². The number of hydrogen-bond acceptors (Lipinski definition) is 7. The molecule has 0 saturated carbocycles. The molecule has 0 spiro atoms. The maximum atomic E-state index is 10.9. The van der Waals surface area contributed by atoms with Gasteiger partial charge < -0.3 is 14.6 Å². The van der Waals surface area contributed by atoms with Gasteiger partial charge in [0.2, 0.25) is 11.7 Å². The summed E-state index contributed by atoms with van der Waals surface area (Å²) in [6, 6.07) is 23.1. The molecular formula is C21H16N4O4. The Balaban J connectivity index is 1.47. The number of nitro benzene ring substituents is 1. The van der Waals surface area contributed by atoms with Gasteiger partial charge in [-0.05, 0) is 24.3 Å². The third kappa shape index (κ3) is 4.38. The van der Waals surface area contributed by atoms with Crippen molar-refractivity contribution in [3.8, 4) is 22.9 Å². The Morgan fingerprint density at radius 3 is 2.62 bits per heavy atom. The van der Waals surface area contributed by atoms with Gasteiger partial charge in [0.15, 0.2) is 5.75 Å². The van der Waals surface area contributed by atoms with E-state index in [2.05, 4.69) is 15.5 Å². The lowest BCUT2D eigenvalue weighted by Gasteiger charge is -2.11. The molecule has 4 rings (SSSR count). The second-order valence-electron chi connectivity index (χ2n) is 6.08. The standard InChI is InChI=1S/C21H16N4O4/c26-25(27)16-8-6-7-15(13-16)21-23-20(29-24-21)14-22-18-11-4-5-12-19(18)28-17-9-2-1-3-10-17/h1-13,22H,14H2. The van der Waals surface area contributed by atoms with Crippen LogP contribution < -0.4 is 10.1 Å². The van der Waals surface area contributed by atoms with Crippen molar-refractivity contribution in [2.24, 2.45) is 0 Å². The minimum absolute atomic E-state index is 0.0287. The third-order valence-electron chi connectivity index (χ3n) is 4.07. The first-order chi connectivity index (χ1) is 14.2. The first-order valence-corrected chi connectivity index (χ1v) is 8.82. The van der Waals surface area contributed by atoms with Crippen LogP contribution in [0, 0.1) is 10.1 Å². The molecule has 1 N–H and O–H groups in total. The number of para-hydroxylation sites is 3. The molecule has 0 aliphatic carbocycles. The summed E-state index contributed by atoms with van der Waals surface area (Å²) in [7, 11) is 0. The highest BCUT2D eigenvalue weighted by molar-refractivity contribution is 5.59. The third-order valence-corrected chi connectivity index (χ3v) is 4.07. The van der Waals surface area contributed by atoms with Gasteiger partial charge in [0.05, 0.1) is 17.2 Å². The fourth-order valence-electron chi connectivity index (χ4n) is 2.69. The molecule has 4 aromatic rings. The van der Waals surface area contributed by atoms with Gasteiger partial charge in [-0.2, -0.15) is 4.98 Å². The minimum Gasteiger partial charge on any atom is -0.455 e. The average molecular weight is 388 g/mol. The lowest BCUT2D eigenvalue weighted by atomic mass is 10.2. The zero-order chi connectivity index (χ0) is 20.1. The van der Waals surface area contributed by atoms with Crippen LogP contribution in [0.4, 0.5) is 11.4 Å². The molecule has 0 aliphatic rings. The van der Waals surface area contributed by atoms with Crippen LogP contribution in [0.1, 0.15) is 5.89 Å². The Kier molecular flexibility index (Phi) is 5.15. The number of aromatic nitrogens is 2. The summed E-state index contributed by atoms with van der Waals surface area (Å²) in [5.41, 5.74) is 1.26. The maximum Gasteiger partial charge on any atom is 0.270 e. The Hall–Kier alpha value is -4.20. The summed E-state index contributed by atoms with van der Waals surface area (Å²) in [5, 5.41) is 18.1. The van der Waals surface area contributed by atoms with Crippen molar-refractivity contribution in [3.63, 3.8) is 0 Å². The summed E-state index contributed by atoms with van der Waals surface area (Å²) in [5.74, 6) is 2.03. The summed E-state index contributed by atoms with van der Waals surface area (Å²) in [6.07, 6.45) is 0. The number of nitrogens with one attached hydrogen (secondary N) is 1. The molecule has 0 aliphatic heterocycles. The minimum atomic E-state index is -0.463. The molecule has 0 bridgehead atoms. The van der Waals surface area contributed by atoms with Crippen LogP contribution in [-0.2, 0) is 6.54 Å². The van der Waals surface area contributed by atoms with Gasteiger partial charge in [-0.15, -0.1) is 0 Å².